The van der Waals surface area contributed by atoms with Crippen molar-refractivity contribution < 1.29 is 59.3 Å². The van der Waals surface area contributed by atoms with Gasteiger partial charge < -0.3 is 24.8 Å². The number of halogens is 7. The molecule has 198 valence electrons. The van der Waals surface area contributed by atoms with E-state index in [0.29, 0.717) is 6.07 Å². The third-order valence-electron chi connectivity index (χ3n) is 3.95. The SMILES string of the molecule is COC(=O)[C@H](Cc1ccc(NC(C)=O)c(OC(F)(C(F)(F)F)C(F)(F)F)c1)NC(=O)OC(C)(C)C. The summed E-state index contributed by atoms with van der Waals surface area (Å²) in [7, 11) is 0.963. The van der Waals surface area contributed by atoms with Crippen LogP contribution in [0.2, 0.25) is 0 Å². The van der Waals surface area contributed by atoms with Gasteiger partial charge in [0.15, 0.2) is 0 Å². The summed E-state index contributed by atoms with van der Waals surface area (Å²) in [6.45, 7) is 5.46. The second kappa shape index (κ2) is 10.6. The Balaban J connectivity index is 3.43. The number of carbonyl (C=O) groups excluding carboxylic acids is 3. The summed E-state index contributed by atoms with van der Waals surface area (Å²) < 4.78 is 105. The van der Waals surface area contributed by atoms with E-state index in [1.54, 1.807) is 0 Å². The first kappa shape index (κ1) is 29.8. The minimum absolute atomic E-state index is 0.188. The molecule has 8 nitrogen and oxygen atoms in total. The van der Waals surface area contributed by atoms with Gasteiger partial charge in [-0.1, -0.05) is 6.07 Å². The molecule has 0 aliphatic carbocycles. The van der Waals surface area contributed by atoms with Gasteiger partial charge in [-0.15, -0.1) is 0 Å². The first-order chi connectivity index (χ1) is 15.7. The third kappa shape index (κ3) is 8.17. The molecule has 0 aliphatic rings. The molecule has 0 aromatic heterocycles. The van der Waals surface area contributed by atoms with Gasteiger partial charge in [-0.3, -0.25) is 4.79 Å². The predicted octanol–water partition coefficient (Wildman–Crippen LogP) is 4.42. The summed E-state index contributed by atoms with van der Waals surface area (Å²) in [6, 6.07) is 0.964. The molecule has 1 rings (SSSR count). The van der Waals surface area contributed by atoms with Gasteiger partial charge in [-0.25, -0.2) is 9.59 Å². The Labute approximate surface area is 195 Å². The predicted molar refractivity (Wildman–Crippen MR) is 106 cm³/mol. The van der Waals surface area contributed by atoms with Crippen molar-refractivity contribution in [3.05, 3.63) is 23.8 Å². The summed E-state index contributed by atoms with van der Waals surface area (Å²) in [5.41, 5.74) is -1.87. The van der Waals surface area contributed by atoms with E-state index in [1.165, 1.54) is 20.8 Å². The summed E-state index contributed by atoms with van der Waals surface area (Å²) in [4.78, 5) is 35.4. The highest BCUT2D eigenvalue weighted by atomic mass is 19.4. The Morgan fingerprint density at radius 2 is 1.51 bits per heavy atom. The summed E-state index contributed by atoms with van der Waals surface area (Å²) in [5.74, 6) is -9.40. The van der Waals surface area contributed by atoms with E-state index in [4.69, 9.17) is 4.74 Å². The average molecular weight is 520 g/mol. The molecule has 0 spiro atoms. The van der Waals surface area contributed by atoms with Crippen LogP contribution >= 0.6 is 0 Å². The van der Waals surface area contributed by atoms with Gasteiger partial charge in [0, 0.05) is 13.3 Å². The molecule has 2 amide bonds. The standard InChI is InChI=1S/C20H23F7N2O6/c1-10(30)28-12-7-6-11(8-13(15(31)33-5)29-16(32)35-17(2,3)4)9-14(12)34-18(21,19(22,23)24)20(25,26)27/h6-7,9,13H,8H2,1-5H3,(H,28,30)(H,29,32)/t13-/m0/s1. The highest BCUT2D eigenvalue weighted by Crippen LogP contribution is 2.48. The molecule has 0 unspecified atom stereocenters. The van der Waals surface area contributed by atoms with Crippen LogP contribution in [0.3, 0.4) is 0 Å². The monoisotopic (exact) mass is 520 g/mol. The zero-order chi connectivity index (χ0) is 27.4. The van der Waals surface area contributed by atoms with Gasteiger partial charge in [-0.2, -0.15) is 30.7 Å². The largest absolute Gasteiger partial charge is 0.470 e. The average Bonchev–Trinajstić information content (AvgIpc) is 2.65. The molecule has 1 aromatic rings. The van der Waals surface area contributed by atoms with E-state index in [0.717, 1.165) is 26.2 Å². The maximum atomic E-state index is 14.2. The van der Waals surface area contributed by atoms with Crippen molar-refractivity contribution in [2.75, 3.05) is 12.4 Å². The number of methoxy groups -OCH3 is 1. The third-order valence-corrected chi connectivity index (χ3v) is 3.95. The zero-order valence-corrected chi connectivity index (χ0v) is 19.1. The molecule has 0 radical (unpaired) electrons. The number of hydrogen-bond donors (Lipinski definition) is 2. The van der Waals surface area contributed by atoms with Gasteiger partial charge in [0.25, 0.3) is 0 Å². The lowest BCUT2D eigenvalue weighted by molar-refractivity contribution is -0.405. The lowest BCUT2D eigenvalue weighted by Crippen LogP contribution is -2.57. The van der Waals surface area contributed by atoms with Crippen LogP contribution in [0.1, 0.15) is 33.3 Å². The molecule has 1 atom stereocenters. The number of alkyl carbamates (subject to hydrolysis) is 1. The Morgan fingerprint density at radius 3 is 1.94 bits per heavy atom. The van der Waals surface area contributed by atoms with E-state index in [1.807, 2.05) is 5.32 Å². The Hall–Kier alpha value is -3.26. The van der Waals surface area contributed by atoms with E-state index in [2.05, 4.69) is 14.8 Å². The van der Waals surface area contributed by atoms with Crippen molar-refractivity contribution in [1.82, 2.24) is 5.32 Å². The quantitative estimate of drug-likeness (QED) is 0.408. The maximum Gasteiger partial charge on any atom is 0.470 e. The summed E-state index contributed by atoms with van der Waals surface area (Å²) >= 11 is 0. The Morgan fingerprint density at radius 1 is 0.971 bits per heavy atom. The van der Waals surface area contributed by atoms with E-state index < -0.39 is 65.7 Å². The molecule has 35 heavy (non-hydrogen) atoms. The highest BCUT2D eigenvalue weighted by Gasteiger charge is 2.76. The van der Waals surface area contributed by atoms with Crippen LogP contribution in [0.5, 0.6) is 5.75 Å². The molecule has 15 heteroatoms. The number of rotatable bonds is 7. The number of carbonyl (C=O) groups is 3. The van der Waals surface area contributed by atoms with Crippen molar-refractivity contribution in [3.8, 4) is 5.75 Å². The number of amides is 2. The lowest BCUT2D eigenvalue weighted by atomic mass is 10.0. The van der Waals surface area contributed by atoms with E-state index >= 15 is 0 Å². The fourth-order valence-electron chi connectivity index (χ4n) is 2.52. The first-order valence-corrected chi connectivity index (χ1v) is 9.69. The van der Waals surface area contributed by atoms with Crippen LogP contribution in [-0.4, -0.2) is 54.9 Å². The van der Waals surface area contributed by atoms with E-state index in [-0.39, 0.29) is 5.56 Å². The molecular weight excluding hydrogens is 497 g/mol. The Bertz CT molecular complexity index is 927. The number of esters is 1. The zero-order valence-electron chi connectivity index (χ0n) is 19.1. The van der Waals surface area contributed by atoms with Crippen molar-refractivity contribution in [2.45, 2.75) is 64.0 Å². The molecular formula is C20H23F7N2O6. The van der Waals surface area contributed by atoms with Gasteiger partial charge in [0.1, 0.15) is 17.4 Å². The van der Waals surface area contributed by atoms with Crippen LogP contribution in [0, 0.1) is 0 Å². The number of nitrogens with one attached hydrogen (secondary N) is 2. The lowest BCUT2D eigenvalue weighted by Gasteiger charge is -2.31. The molecule has 2 N–H and O–H groups in total. The molecule has 1 aromatic carbocycles. The van der Waals surface area contributed by atoms with Crippen LogP contribution in [0.4, 0.5) is 41.2 Å². The van der Waals surface area contributed by atoms with Crippen molar-refractivity contribution >= 4 is 23.7 Å². The van der Waals surface area contributed by atoms with Gasteiger partial charge in [0.2, 0.25) is 5.91 Å². The van der Waals surface area contributed by atoms with Crippen LogP contribution in [0.15, 0.2) is 18.2 Å². The van der Waals surface area contributed by atoms with Crippen LogP contribution in [-0.2, 0) is 25.5 Å². The fourth-order valence-corrected chi connectivity index (χ4v) is 2.52. The number of hydrogen-bond acceptors (Lipinski definition) is 6. The Kier molecular flexibility index (Phi) is 8.98. The van der Waals surface area contributed by atoms with Gasteiger partial charge in [-0.05, 0) is 38.5 Å². The molecule has 0 saturated carbocycles. The smallest absolute Gasteiger partial charge is 0.467 e. The summed E-state index contributed by atoms with van der Waals surface area (Å²) in [6.07, 6.45) is -14.7. The van der Waals surface area contributed by atoms with Gasteiger partial charge >= 0.3 is 30.3 Å². The molecule has 0 saturated heterocycles. The van der Waals surface area contributed by atoms with Gasteiger partial charge in [0.05, 0.1) is 12.8 Å². The minimum atomic E-state index is -6.54. The number of benzene rings is 1. The number of alkyl halides is 7. The van der Waals surface area contributed by atoms with Crippen molar-refractivity contribution in [1.29, 1.82) is 0 Å². The highest BCUT2D eigenvalue weighted by molar-refractivity contribution is 5.90. The second-order valence-electron chi connectivity index (χ2n) is 8.13. The van der Waals surface area contributed by atoms with E-state index in [9.17, 15) is 45.1 Å². The number of anilines is 1. The number of ether oxygens (including phenoxy) is 3. The first-order valence-electron chi connectivity index (χ1n) is 9.69. The maximum absolute atomic E-state index is 14.2. The fraction of sp³-hybridized carbons (Fsp3) is 0.550. The van der Waals surface area contributed by atoms with Crippen molar-refractivity contribution in [2.24, 2.45) is 0 Å². The molecule has 0 heterocycles. The summed E-state index contributed by atoms with van der Waals surface area (Å²) in [5, 5.41) is 4.08. The second-order valence-corrected chi connectivity index (χ2v) is 8.13. The minimum Gasteiger partial charge on any atom is -0.467 e. The van der Waals surface area contributed by atoms with Crippen molar-refractivity contribution in [3.63, 3.8) is 0 Å². The van der Waals surface area contributed by atoms with Crippen LogP contribution < -0.4 is 15.4 Å². The molecule has 0 aliphatic heterocycles. The van der Waals surface area contributed by atoms with Crippen LogP contribution in [0.25, 0.3) is 0 Å². The molecule has 0 bridgehead atoms. The topological polar surface area (TPSA) is 103 Å². The molecule has 0 fully saturated rings. The normalized spacial score (nSPS) is 13.5.